The minimum absolute atomic E-state index is 0.251. The lowest BCUT2D eigenvalue weighted by Gasteiger charge is -2.16. The second kappa shape index (κ2) is 11.2. The third kappa shape index (κ3) is 5.59. The monoisotopic (exact) mass is 420 g/mol. The highest BCUT2D eigenvalue weighted by Gasteiger charge is 2.15. The van der Waals surface area contributed by atoms with E-state index >= 15 is 0 Å². The van der Waals surface area contributed by atoms with Crippen LogP contribution in [0.4, 0.5) is 0 Å². The maximum atomic E-state index is 8.58. The molecule has 1 N–H and O–H groups in total. The molecule has 162 valence electrons. The summed E-state index contributed by atoms with van der Waals surface area (Å²) in [5.41, 5.74) is 8.90. The Balaban J connectivity index is 2.06. The van der Waals surface area contributed by atoms with Crippen molar-refractivity contribution in [1.29, 1.82) is 5.41 Å². The molecule has 0 fully saturated rings. The van der Waals surface area contributed by atoms with Gasteiger partial charge in [0.2, 0.25) is 0 Å². The number of amidine groups is 1. The Bertz CT molecular complexity index is 1130. The van der Waals surface area contributed by atoms with E-state index in [1.54, 1.807) is 6.08 Å². The number of nitrogens with one attached hydrogen (secondary N) is 1. The molecule has 0 radical (unpaired) electrons. The van der Waals surface area contributed by atoms with Crippen LogP contribution in [0.15, 0.2) is 102 Å². The Morgan fingerprint density at radius 1 is 0.938 bits per heavy atom. The number of benzene rings is 3. The molecule has 0 amide bonds. The van der Waals surface area contributed by atoms with Gasteiger partial charge in [-0.1, -0.05) is 98.5 Å². The van der Waals surface area contributed by atoms with Gasteiger partial charge in [-0.2, -0.15) is 0 Å². The first-order valence-corrected chi connectivity index (χ1v) is 11.3. The summed E-state index contributed by atoms with van der Waals surface area (Å²) in [6, 6.07) is 25.6. The van der Waals surface area contributed by atoms with Crippen LogP contribution in [0.2, 0.25) is 0 Å². The summed E-state index contributed by atoms with van der Waals surface area (Å²) in [7, 11) is 0. The van der Waals surface area contributed by atoms with Crippen molar-refractivity contribution >= 4 is 11.5 Å². The fourth-order valence-corrected chi connectivity index (χ4v) is 3.90. The molecule has 0 bridgehead atoms. The van der Waals surface area contributed by atoms with E-state index in [9.17, 15) is 0 Å². The molecule has 2 heteroatoms. The van der Waals surface area contributed by atoms with Crippen LogP contribution in [0.1, 0.15) is 42.5 Å². The van der Waals surface area contributed by atoms with Gasteiger partial charge in [-0.3, -0.25) is 5.41 Å². The fraction of sp³-hybridized carbons (Fsp3) is 0.200. The smallest absolute Gasteiger partial charge is 0.151 e. The highest BCUT2D eigenvalue weighted by molar-refractivity contribution is 6.15. The van der Waals surface area contributed by atoms with Crippen molar-refractivity contribution in [2.75, 3.05) is 0 Å². The zero-order valence-corrected chi connectivity index (χ0v) is 19.4. The zero-order chi connectivity index (χ0) is 22.9. The summed E-state index contributed by atoms with van der Waals surface area (Å²) < 4.78 is 0. The Hall–Kier alpha value is -3.52. The molecule has 0 aromatic heterocycles. The molecule has 0 unspecified atom stereocenters. The van der Waals surface area contributed by atoms with Crippen LogP contribution in [0.25, 0.3) is 11.1 Å². The first-order valence-electron chi connectivity index (χ1n) is 11.3. The molecule has 2 nitrogen and oxygen atoms in total. The molecule has 0 saturated carbocycles. The topological polar surface area (TPSA) is 36.2 Å². The van der Waals surface area contributed by atoms with E-state index in [1.807, 2.05) is 19.1 Å². The molecular formula is C30H32N2. The number of rotatable bonds is 8. The largest absolute Gasteiger partial charge is 0.282 e. The highest BCUT2D eigenvalue weighted by Crippen LogP contribution is 2.28. The lowest BCUT2D eigenvalue weighted by molar-refractivity contribution is 1.03. The molecule has 0 atom stereocenters. The van der Waals surface area contributed by atoms with Crippen molar-refractivity contribution in [1.82, 2.24) is 0 Å². The van der Waals surface area contributed by atoms with Crippen LogP contribution in [0, 0.1) is 12.3 Å². The predicted octanol–water partition coefficient (Wildman–Crippen LogP) is 7.76. The Morgan fingerprint density at radius 3 is 2.25 bits per heavy atom. The van der Waals surface area contributed by atoms with Crippen molar-refractivity contribution in [3.63, 3.8) is 0 Å². The summed E-state index contributed by atoms with van der Waals surface area (Å²) >= 11 is 0. The summed E-state index contributed by atoms with van der Waals surface area (Å²) in [5, 5.41) is 8.58. The minimum atomic E-state index is 0.251. The maximum Gasteiger partial charge on any atom is 0.151 e. The molecule has 0 aliphatic carbocycles. The maximum absolute atomic E-state index is 8.58. The lowest BCUT2D eigenvalue weighted by Crippen LogP contribution is -2.11. The Labute approximate surface area is 192 Å². The summed E-state index contributed by atoms with van der Waals surface area (Å²) in [6.45, 7) is 10.1. The molecule has 0 heterocycles. The van der Waals surface area contributed by atoms with E-state index in [0.29, 0.717) is 0 Å². The van der Waals surface area contributed by atoms with Gasteiger partial charge in [0, 0.05) is 11.1 Å². The number of allylic oxidation sites excluding steroid dienone is 1. The SMILES string of the molecule is C=C/C(=C\C)C(=N)/N=C(/CCc1ccc(CC)cc1)c1c(C)cccc1-c1ccccc1. The number of nitrogens with zero attached hydrogens (tertiary/aromatic N) is 1. The fourth-order valence-electron chi connectivity index (χ4n) is 3.90. The Kier molecular flexibility index (Phi) is 8.10. The van der Waals surface area contributed by atoms with Crippen LogP contribution in [-0.2, 0) is 12.8 Å². The number of hydrogen-bond donors (Lipinski definition) is 1. The third-order valence-corrected chi connectivity index (χ3v) is 5.78. The molecule has 0 spiro atoms. The quantitative estimate of drug-likeness (QED) is 0.220. The van der Waals surface area contributed by atoms with Gasteiger partial charge in [-0.05, 0) is 60.9 Å². The standard InChI is InChI=1S/C30H32N2/c1-5-23-16-18-24(19-17-23)20-21-28(32-30(31)25(6-2)7-3)29-22(4)12-11-15-27(29)26-13-9-8-10-14-26/h6-19,31H,2,5,20-21H2,1,3-4H3/b25-7+,31-30?,32-28-. The minimum Gasteiger partial charge on any atom is -0.282 e. The van der Waals surface area contributed by atoms with Gasteiger partial charge in [0.1, 0.15) is 0 Å². The summed E-state index contributed by atoms with van der Waals surface area (Å²) in [6.07, 6.45) is 6.25. The zero-order valence-electron chi connectivity index (χ0n) is 19.4. The summed E-state index contributed by atoms with van der Waals surface area (Å²) in [4.78, 5) is 4.84. The molecular weight excluding hydrogens is 388 g/mol. The van der Waals surface area contributed by atoms with E-state index in [4.69, 9.17) is 10.4 Å². The second-order valence-electron chi connectivity index (χ2n) is 7.89. The van der Waals surface area contributed by atoms with Crippen molar-refractivity contribution in [3.05, 3.63) is 119 Å². The second-order valence-corrected chi connectivity index (χ2v) is 7.89. The number of hydrogen-bond acceptors (Lipinski definition) is 1. The van der Waals surface area contributed by atoms with Gasteiger partial charge in [0.25, 0.3) is 0 Å². The first kappa shape index (κ1) is 23.1. The average molecular weight is 421 g/mol. The molecule has 0 aliphatic heterocycles. The predicted molar refractivity (Wildman–Crippen MR) is 139 cm³/mol. The molecule has 3 aromatic rings. The van der Waals surface area contributed by atoms with Crippen LogP contribution in [0.5, 0.6) is 0 Å². The van der Waals surface area contributed by atoms with Crippen molar-refractivity contribution in [2.45, 2.75) is 40.0 Å². The molecule has 3 aromatic carbocycles. The number of aliphatic imine (C=N–C) groups is 1. The van der Waals surface area contributed by atoms with Crippen LogP contribution in [0.3, 0.4) is 0 Å². The van der Waals surface area contributed by atoms with E-state index in [-0.39, 0.29) is 5.84 Å². The normalized spacial score (nSPS) is 12.0. The Morgan fingerprint density at radius 2 is 1.62 bits per heavy atom. The van der Waals surface area contributed by atoms with E-state index < -0.39 is 0 Å². The van der Waals surface area contributed by atoms with Crippen molar-refractivity contribution in [2.24, 2.45) is 4.99 Å². The molecule has 0 saturated heterocycles. The van der Waals surface area contributed by atoms with E-state index in [0.717, 1.165) is 47.2 Å². The van der Waals surface area contributed by atoms with Crippen molar-refractivity contribution < 1.29 is 0 Å². The van der Waals surface area contributed by atoms with Gasteiger partial charge in [-0.15, -0.1) is 0 Å². The number of aryl methyl sites for hydroxylation is 3. The van der Waals surface area contributed by atoms with Gasteiger partial charge in [0.15, 0.2) is 5.84 Å². The first-order chi connectivity index (χ1) is 15.6. The van der Waals surface area contributed by atoms with E-state index in [2.05, 4.69) is 87.2 Å². The molecule has 32 heavy (non-hydrogen) atoms. The van der Waals surface area contributed by atoms with Gasteiger partial charge in [0.05, 0.1) is 5.71 Å². The third-order valence-electron chi connectivity index (χ3n) is 5.78. The van der Waals surface area contributed by atoms with Gasteiger partial charge < -0.3 is 0 Å². The summed E-state index contributed by atoms with van der Waals surface area (Å²) in [5.74, 6) is 0.251. The van der Waals surface area contributed by atoms with Gasteiger partial charge in [-0.25, -0.2) is 4.99 Å². The van der Waals surface area contributed by atoms with Crippen molar-refractivity contribution in [3.8, 4) is 11.1 Å². The lowest BCUT2D eigenvalue weighted by atomic mass is 9.90. The molecule has 0 aliphatic rings. The van der Waals surface area contributed by atoms with Crippen LogP contribution < -0.4 is 0 Å². The average Bonchev–Trinajstić information content (AvgIpc) is 2.83. The highest BCUT2D eigenvalue weighted by atomic mass is 14.8. The van der Waals surface area contributed by atoms with Gasteiger partial charge >= 0.3 is 0 Å². The molecule has 3 rings (SSSR count). The van der Waals surface area contributed by atoms with Crippen LogP contribution >= 0.6 is 0 Å². The van der Waals surface area contributed by atoms with E-state index in [1.165, 1.54) is 16.7 Å². The van der Waals surface area contributed by atoms with Crippen LogP contribution in [-0.4, -0.2) is 11.5 Å².